The Labute approximate surface area is 93.2 Å². The van der Waals surface area contributed by atoms with Crippen molar-refractivity contribution in [2.24, 2.45) is 0 Å². The van der Waals surface area contributed by atoms with Crippen molar-refractivity contribution < 1.29 is 8.42 Å². The minimum absolute atomic E-state index is 0.0412. The smallest absolute Gasteiger partial charge is 0.215 e. The summed E-state index contributed by atoms with van der Waals surface area (Å²) in [6, 6.07) is 0. The molecule has 0 fully saturated rings. The highest BCUT2D eigenvalue weighted by Gasteiger charge is 2.12. The molecule has 0 bridgehead atoms. The van der Waals surface area contributed by atoms with Gasteiger partial charge in [-0.15, -0.1) is 0 Å². The zero-order valence-corrected chi connectivity index (χ0v) is 10.2. The molecule has 8 heteroatoms. The van der Waals surface area contributed by atoms with Crippen LogP contribution in [0.2, 0.25) is 0 Å². The van der Waals surface area contributed by atoms with Crippen LogP contribution in [0, 0.1) is 0 Å². The van der Waals surface area contributed by atoms with Gasteiger partial charge in [0.1, 0.15) is 5.00 Å². The van der Waals surface area contributed by atoms with Crippen LogP contribution in [0.3, 0.4) is 0 Å². The van der Waals surface area contributed by atoms with Gasteiger partial charge in [0.25, 0.3) is 0 Å². The maximum absolute atomic E-state index is 11.4. The number of nitrogen functional groups attached to an aromatic ring is 1. The third-order valence-electron chi connectivity index (χ3n) is 1.72. The number of hydrogen-bond donors (Lipinski definition) is 2. The summed E-state index contributed by atoms with van der Waals surface area (Å²) in [7, 11) is -0.124. The number of nitrogens with zero attached hydrogens (tertiary/aromatic N) is 2. The van der Waals surface area contributed by atoms with E-state index in [9.17, 15) is 8.42 Å². The average molecular weight is 250 g/mol. The van der Waals surface area contributed by atoms with Crippen LogP contribution in [0.25, 0.3) is 0 Å². The summed E-state index contributed by atoms with van der Waals surface area (Å²) in [4.78, 5) is 3.95. The van der Waals surface area contributed by atoms with E-state index in [1.807, 2.05) is 0 Å². The van der Waals surface area contributed by atoms with Crippen LogP contribution in [0.1, 0.15) is 0 Å². The van der Waals surface area contributed by atoms with Crippen molar-refractivity contribution in [2.45, 2.75) is 0 Å². The van der Waals surface area contributed by atoms with Gasteiger partial charge in [-0.3, -0.25) is 0 Å². The SMILES string of the molecule is CN(C)S(=O)(=O)CCNc1ncc(N)s1. The molecule has 1 heterocycles. The fourth-order valence-electron chi connectivity index (χ4n) is 0.838. The van der Waals surface area contributed by atoms with Gasteiger partial charge in [-0.1, -0.05) is 11.3 Å². The first-order valence-corrected chi connectivity index (χ1v) is 6.70. The van der Waals surface area contributed by atoms with Gasteiger partial charge in [-0.2, -0.15) is 0 Å². The Morgan fingerprint density at radius 2 is 2.27 bits per heavy atom. The zero-order chi connectivity index (χ0) is 11.5. The van der Waals surface area contributed by atoms with Crippen LogP contribution in [0.4, 0.5) is 10.1 Å². The van der Waals surface area contributed by atoms with E-state index in [0.29, 0.717) is 16.7 Å². The fourth-order valence-corrected chi connectivity index (χ4v) is 2.17. The molecule has 0 saturated carbocycles. The molecule has 1 aromatic heterocycles. The summed E-state index contributed by atoms with van der Waals surface area (Å²) >= 11 is 1.29. The Hall–Kier alpha value is -0.860. The molecular formula is C7H14N4O2S2. The molecule has 0 aliphatic carbocycles. The lowest BCUT2D eigenvalue weighted by Crippen LogP contribution is -2.28. The van der Waals surface area contributed by atoms with E-state index >= 15 is 0 Å². The molecule has 0 unspecified atom stereocenters. The molecule has 0 spiro atoms. The van der Waals surface area contributed by atoms with Crippen molar-refractivity contribution in [1.29, 1.82) is 0 Å². The predicted octanol–water partition coefficient (Wildman–Crippen LogP) is 0.0286. The highest BCUT2D eigenvalue weighted by molar-refractivity contribution is 7.89. The number of nitrogens with two attached hydrogens (primary N) is 1. The Kier molecular flexibility index (Phi) is 3.89. The van der Waals surface area contributed by atoms with Crippen LogP contribution >= 0.6 is 11.3 Å². The van der Waals surface area contributed by atoms with Crippen LogP contribution in [0.15, 0.2) is 6.20 Å². The molecule has 3 N–H and O–H groups in total. The molecule has 1 aromatic rings. The van der Waals surface area contributed by atoms with E-state index in [1.165, 1.54) is 35.9 Å². The van der Waals surface area contributed by atoms with Crippen LogP contribution < -0.4 is 11.1 Å². The number of nitrogens with one attached hydrogen (secondary N) is 1. The molecule has 0 amide bonds. The Morgan fingerprint density at radius 3 is 2.73 bits per heavy atom. The third kappa shape index (κ3) is 3.65. The summed E-state index contributed by atoms with van der Waals surface area (Å²) in [5, 5.41) is 4.14. The largest absolute Gasteiger partial charge is 0.389 e. The lowest BCUT2D eigenvalue weighted by Gasteiger charge is -2.10. The summed E-state index contributed by atoms with van der Waals surface area (Å²) in [6.45, 7) is 0.327. The van der Waals surface area contributed by atoms with E-state index in [4.69, 9.17) is 5.73 Å². The standard InChI is InChI=1S/C7H14N4O2S2/c1-11(2)15(12,13)4-3-9-7-10-5-6(8)14-7/h5H,3-4,8H2,1-2H3,(H,9,10). The van der Waals surface area contributed by atoms with Gasteiger partial charge in [-0.05, 0) is 0 Å². The minimum atomic E-state index is -3.15. The van der Waals surface area contributed by atoms with Gasteiger partial charge < -0.3 is 11.1 Å². The highest BCUT2D eigenvalue weighted by Crippen LogP contribution is 2.18. The summed E-state index contributed by atoms with van der Waals surface area (Å²) in [5.74, 6) is 0.0412. The van der Waals surface area contributed by atoms with E-state index in [-0.39, 0.29) is 5.75 Å². The molecule has 0 aromatic carbocycles. The molecule has 6 nitrogen and oxygen atoms in total. The lowest BCUT2D eigenvalue weighted by atomic mass is 10.7. The Balaban J connectivity index is 2.40. The second kappa shape index (κ2) is 4.77. The Morgan fingerprint density at radius 1 is 1.60 bits per heavy atom. The van der Waals surface area contributed by atoms with E-state index in [2.05, 4.69) is 10.3 Å². The summed E-state index contributed by atoms with van der Waals surface area (Å²) in [6.07, 6.45) is 1.54. The summed E-state index contributed by atoms with van der Waals surface area (Å²) in [5.41, 5.74) is 5.47. The minimum Gasteiger partial charge on any atom is -0.389 e. The van der Waals surface area contributed by atoms with E-state index in [0.717, 1.165) is 0 Å². The first-order chi connectivity index (χ1) is 6.92. The first-order valence-electron chi connectivity index (χ1n) is 4.27. The first kappa shape index (κ1) is 12.2. The van der Waals surface area contributed by atoms with Crippen molar-refractivity contribution in [3.05, 3.63) is 6.20 Å². The highest BCUT2D eigenvalue weighted by atomic mass is 32.2. The number of anilines is 2. The van der Waals surface area contributed by atoms with Crippen molar-refractivity contribution in [3.63, 3.8) is 0 Å². The molecule has 0 atom stereocenters. The van der Waals surface area contributed by atoms with E-state index < -0.39 is 10.0 Å². The molecule has 86 valence electrons. The van der Waals surface area contributed by atoms with Gasteiger partial charge in [-0.25, -0.2) is 17.7 Å². The topological polar surface area (TPSA) is 88.3 Å². The van der Waals surface area contributed by atoms with Gasteiger partial charge in [0.05, 0.1) is 11.9 Å². The third-order valence-corrected chi connectivity index (χ3v) is 4.33. The van der Waals surface area contributed by atoms with Crippen molar-refractivity contribution in [2.75, 3.05) is 37.4 Å². The Bertz CT molecular complexity index is 412. The second-order valence-corrected chi connectivity index (χ2v) is 6.46. The molecule has 0 aliphatic rings. The number of aromatic nitrogens is 1. The number of hydrogen-bond acceptors (Lipinski definition) is 6. The number of sulfonamides is 1. The molecule has 0 radical (unpaired) electrons. The maximum atomic E-state index is 11.4. The quantitative estimate of drug-likeness (QED) is 0.769. The van der Waals surface area contributed by atoms with Crippen LogP contribution in [-0.2, 0) is 10.0 Å². The fraction of sp³-hybridized carbons (Fsp3) is 0.571. The molecule has 15 heavy (non-hydrogen) atoms. The van der Waals surface area contributed by atoms with Gasteiger partial charge in [0.15, 0.2) is 5.13 Å². The monoisotopic (exact) mass is 250 g/mol. The van der Waals surface area contributed by atoms with Crippen LogP contribution in [0.5, 0.6) is 0 Å². The predicted molar refractivity (Wildman–Crippen MR) is 62.5 cm³/mol. The van der Waals surface area contributed by atoms with Crippen molar-refractivity contribution in [3.8, 4) is 0 Å². The zero-order valence-electron chi connectivity index (χ0n) is 8.60. The second-order valence-electron chi connectivity index (χ2n) is 3.09. The van der Waals surface area contributed by atoms with Crippen molar-refractivity contribution in [1.82, 2.24) is 9.29 Å². The normalized spacial score (nSPS) is 11.9. The number of rotatable bonds is 5. The molecular weight excluding hydrogens is 236 g/mol. The van der Waals surface area contributed by atoms with Gasteiger partial charge in [0, 0.05) is 20.6 Å². The van der Waals surface area contributed by atoms with Gasteiger partial charge >= 0.3 is 0 Å². The molecule has 0 saturated heterocycles. The van der Waals surface area contributed by atoms with E-state index in [1.54, 1.807) is 0 Å². The molecule has 1 rings (SSSR count). The lowest BCUT2D eigenvalue weighted by molar-refractivity contribution is 0.521. The van der Waals surface area contributed by atoms with Gasteiger partial charge in [0.2, 0.25) is 10.0 Å². The summed E-state index contributed by atoms with van der Waals surface area (Å²) < 4.78 is 23.9. The van der Waals surface area contributed by atoms with Crippen molar-refractivity contribution >= 4 is 31.5 Å². The average Bonchev–Trinajstić information content (AvgIpc) is 2.51. The van der Waals surface area contributed by atoms with Crippen LogP contribution in [-0.4, -0.2) is 44.1 Å². The molecule has 0 aliphatic heterocycles. The number of thiazole rings is 1. The maximum Gasteiger partial charge on any atom is 0.215 e.